The Kier molecular flexibility index (Phi) is 5.43. The minimum absolute atomic E-state index is 0.0273. The zero-order chi connectivity index (χ0) is 21.5. The third kappa shape index (κ3) is 4.00. The van der Waals surface area contributed by atoms with Gasteiger partial charge in [-0.25, -0.2) is 4.68 Å². The van der Waals surface area contributed by atoms with E-state index in [1.54, 1.807) is 6.92 Å². The number of fused-ring (bicyclic) bond motifs is 1. The van der Waals surface area contributed by atoms with Crippen LogP contribution in [0.4, 0.5) is 0 Å². The maximum absolute atomic E-state index is 13.1. The van der Waals surface area contributed by atoms with Crippen LogP contribution in [0.3, 0.4) is 0 Å². The third-order valence-corrected chi connectivity index (χ3v) is 6.65. The fourth-order valence-corrected chi connectivity index (χ4v) is 4.93. The summed E-state index contributed by atoms with van der Waals surface area (Å²) < 4.78 is 2.05. The molecule has 1 aliphatic heterocycles. The molecule has 0 radical (unpaired) electrons. The van der Waals surface area contributed by atoms with Gasteiger partial charge in [0.1, 0.15) is 0 Å². The van der Waals surface area contributed by atoms with Gasteiger partial charge in [0.25, 0.3) is 0 Å². The number of nitrogens with zero attached hydrogens (tertiary/aromatic N) is 3. The first-order valence-corrected chi connectivity index (χ1v) is 10.9. The van der Waals surface area contributed by atoms with Crippen LogP contribution in [-0.4, -0.2) is 39.6 Å². The van der Waals surface area contributed by atoms with Crippen LogP contribution >= 0.6 is 0 Å². The molecule has 1 N–H and O–H groups in total. The summed E-state index contributed by atoms with van der Waals surface area (Å²) in [6, 6.07) is 8.25. The number of hydrogen-bond donors (Lipinski definition) is 1. The lowest BCUT2D eigenvalue weighted by atomic mass is 9.74. The Labute approximate surface area is 178 Å². The van der Waals surface area contributed by atoms with Gasteiger partial charge in [-0.3, -0.25) is 9.59 Å². The largest absolute Gasteiger partial charge is 0.349 e. The quantitative estimate of drug-likeness (QED) is 0.844. The average molecular weight is 409 g/mol. The molecule has 2 amide bonds. The highest BCUT2D eigenvalue weighted by molar-refractivity contribution is 5.80. The van der Waals surface area contributed by atoms with E-state index < -0.39 is 0 Å². The van der Waals surface area contributed by atoms with Crippen LogP contribution in [0.2, 0.25) is 0 Å². The monoisotopic (exact) mass is 408 g/mol. The zero-order valence-electron chi connectivity index (χ0n) is 18.4. The van der Waals surface area contributed by atoms with E-state index in [0.717, 1.165) is 36.9 Å². The van der Waals surface area contributed by atoms with E-state index in [2.05, 4.69) is 42.9 Å². The summed E-state index contributed by atoms with van der Waals surface area (Å²) in [5.41, 5.74) is 4.68. The summed E-state index contributed by atoms with van der Waals surface area (Å²) in [4.78, 5) is 26.4. The van der Waals surface area contributed by atoms with E-state index in [1.807, 2.05) is 23.2 Å². The van der Waals surface area contributed by atoms with E-state index in [0.29, 0.717) is 13.1 Å². The number of hydrogen-bond acceptors (Lipinski definition) is 3. The van der Waals surface area contributed by atoms with Gasteiger partial charge in [0, 0.05) is 31.5 Å². The van der Waals surface area contributed by atoms with E-state index in [4.69, 9.17) is 5.10 Å². The average Bonchev–Trinajstić information content (AvgIpc) is 3.11. The van der Waals surface area contributed by atoms with E-state index in [1.165, 1.54) is 11.3 Å². The Morgan fingerprint density at radius 3 is 2.53 bits per heavy atom. The Balaban J connectivity index is 1.55. The summed E-state index contributed by atoms with van der Waals surface area (Å²) in [5, 5.41) is 8.04. The molecule has 1 fully saturated rings. The molecule has 1 aromatic carbocycles. The van der Waals surface area contributed by atoms with E-state index in [-0.39, 0.29) is 29.2 Å². The van der Waals surface area contributed by atoms with E-state index >= 15 is 0 Å². The number of likely N-dealkylation sites (tertiary alicyclic amines) is 1. The summed E-state index contributed by atoms with van der Waals surface area (Å²) in [7, 11) is 0. The fraction of sp³-hybridized carbons (Fsp3) is 0.542. The van der Waals surface area contributed by atoms with Crippen molar-refractivity contribution >= 4 is 11.8 Å². The molecule has 2 aromatic rings. The van der Waals surface area contributed by atoms with E-state index in [9.17, 15) is 9.59 Å². The predicted molar refractivity (Wildman–Crippen MR) is 116 cm³/mol. The van der Waals surface area contributed by atoms with Gasteiger partial charge >= 0.3 is 0 Å². The van der Waals surface area contributed by atoms with Crippen molar-refractivity contribution in [2.75, 3.05) is 13.1 Å². The van der Waals surface area contributed by atoms with Crippen LogP contribution in [0.5, 0.6) is 0 Å². The molecule has 1 unspecified atom stereocenters. The molecule has 30 heavy (non-hydrogen) atoms. The Morgan fingerprint density at radius 2 is 1.87 bits per heavy atom. The topological polar surface area (TPSA) is 67.2 Å². The lowest BCUT2D eigenvalue weighted by molar-refractivity contribution is -0.134. The molecule has 2 aliphatic rings. The number of carbonyl (C=O) groups is 2. The molecule has 1 saturated heterocycles. The summed E-state index contributed by atoms with van der Waals surface area (Å²) in [5.74, 6) is 0.173. The van der Waals surface area contributed by atoms with Crippen molar-refractivity contribution in [2.24, 2.45) is 11.3 Å². The zero-order valence-corrected chi connectivity index (χ0v) is 18.4. The van der Waals surface area contributed by atoms with Gasteiger partial charge in [0.2, 0.25) is 11.8 Å². The number of nitrogens with one attached hydrogen (secondary N) is 1. The van der Waals surface area contributed by atoms with Crippen LogP contribution in [0.1, 0.15) is 62.9 Å². The highest BCUT2D eigenvalue weighted by Gasteiger charge is 2.37. The summed E-state index contributed by atoms with van der Waals surface area (Å²) >= 11 is 0. The number of aromatic nitrogens is 2. The van der Waals surface area contributed by atoms with Gasteiger partial charge < -0.3 is 10.2 Å². The molecule has 6 nitrogen and oxygen atoms in total. The molecule has 1 aromatic heterocycles. The van der Waals surface area contributed by atoms with Crippen molar-refractivity contribution < 1.29 is 9.59 Å². The molecule has 1 atom stereocenters. The lowest BCUT2D eigenvalue weighted by Crippen LogP contribution is -2.44. The summed E-state index contributed by atoms with van der Waals surface area (Å²) in [6.45, 7) is 9.55. The second-order valence-electron chi connectivity index (χ2n) is 9.63. The van der Waals surface area contributed by atoms with Crippen molar-refractivity contribution in [1.29, 1.82) is 0 Å². The Hall–Kier alpha value is -2.63. The maximum Gasteiger partial charge on any atom is 0.223 e. The first-order valence-electron chi connectivity index (χ1n) is 10.9. The second-order valence-corrected chi connectivity index (χ2v) is 9.63. The normalized spacial score (nSPS) is 21.2. The van der Waals surface area contributed by atoms with Crippen LogP contribution in [0.25, 0.3) is 5.69 Å². The molecule has 2 heterocycles. The summed E-state index contributed by atoms with van der Waals surface area (Å²) in [6.07, 6.45) is 5.23. The molecular formula is C24H32N4O2. The van der Waals surface area contributed by atoms with Crippen LogP contribution in [-0.2, 0) is 16.0 Å². The van der Waals surface area contributed by atoms with Gasteiger partial charge in [-0.15, -0.1) is 0 Å². The number of amides is 2. The number of para-hydroxylation sites is 1. The minimum Gasteiger partial charge on any atom is -0.349 e. The number of carbonyl (C=O) groups excluding carboxylic acids is 2. The van der Waals surface area contributed by atoms with Crippen molar-refractivity contribution in [2.45, 2.75) is 59.4 Å². The van der Waals surface area contributed by atoms with Crippen molar-refractivity contribution in [1.82, 2.24) is 20.0 Å². The SMILES string of the molecule is CC(=O)N1CCC(C(=O)NC2CC(C)(C)Cc3c2cnn3-c2ccccc2C)CC1. The number of piperidine rings is 1. The number of aryl methyl sites for hydroxylation is 1. The van der Waals surface area contributed by atoms with Gasteiger partial charge in [0.15, 0.2) is 0 Å². The third-order valence-electron chi connectivity index (χ3n) is 6.65. The second kappa shape index (κ2) is 7.89. The molecule has 6 heteroatoms. The molecule has 1 aliphatic carbocycles. The molecule has 0 saturated carbocycles. The smallest absolute Gasteiger partial charge is 0.223 e. The first kappa shape index (κ1) is 20.6. The number of rotatable bonds is 3. The highest BCUT2D eigenvalue weighted by Crippen LogP contribution is 2.41. The van der Waals surface area contributed by atoms with Gasteiger partial charge in [0.05, 0.1) is 23.6 Å². The predicted octanol–water partition coefficient (Wildman–Crippen LogP) is 3.57. The van der Waals surface area contributed by atoms with Crippen molar-refractivity contribution in [3.63, 3.8) is 0 Å². The van der Waals surface area contributed by atoms with Crippen LogP contribution < -0.4 is 5.32 Å². The molecule has 0 spiro atoms. The fourth-order valence-electron chi connectivity index (χ4n) is 4.93. The molecular weight excluding hydrogens is 376 g/mol. The van der Waals surface area contributed by atoms with Gasteiger partial charge in [-0.1, -0.05) is 32.0 Å². The minimum atomic E-state index is -0.0279. The highest BCUT2D eigenvalue weighted by atomic mass is 16.2. The van der Waals surface area contributed by atoms with Crippen molar-refractivity contribution in [3.8, 4) is 5.69 Å². The lowest BCUT2D eigenvalue weighted by Gasteiger charge is -2.37. The number of benzene rings is 1. The van der Waals surface area contributed by atoms with Crippen LogP contribution in [0, 0.1) is 18.3 Å². The van der Waals surface area contributed by atoms with Crippen LogP contribution in [0.15, 0.2) is 30.5 Å². The Bertz CT molecular complexity index is 954. The Morgan fingerprint density at radius 1 is 1.17 bits per heavy atom. The molecule has 4 rings (SSSR count). The molecule has 0 bridgehead atoms. The maximum atomic E-state index is 13.1. The van der Waals surface area contributed by atoms with Gasteiger partial charge in [-0.05, 0) is 49.7 Å². The van der Waals surface area contributed by atoms with Crippen molar-refractivity contribution in [3.05, 3.63) is 47.3 Å². The first-order chi connectivity index (χ1) is 14.2. The van der Waals surface area contributed by atoms with Gasteiger partial charge in [-0.2, -0.15) is 5.10 Å². The molecule has 160 valence electrons. The standard InChI is InChI=1S/C24H32N4O2/c1-16-7-5-6-8-21(16)28-22-14-24(3,4)13-20(19(22)15-25-28)26-23(30)18-9-11-27(12-10-18)17(2)29/h5-8,15,18,20H,9-14H2,1-4H3,(H,26,30).